The number of amides is 1. The number of hydrogen-bond donors (Lipinski definition) is 1. The SMILES string of the molecule is CCc1cccc(CC)c1NC(=O)Cn1c(=O)c2c(ncn2CCOC)n(Cc2ccccc2)c1=O. The van der Waals surface area contributed by atoms with E-state index in [9.17, 15) is 14.4 Å². The number of carbonyl (C=O) groups is 1. The normalized spacial score (nSPS) is 11.2. The molecule has 2 aromatic carbocycles. The van der Waals surface area contributed by atoms with Crippen molar-refractivity contribution in [1.29, 1.82) is 0 Å². The molecule has 4 rings (SSSR count). The van der Waals surface area contributed by atoms with Crippen LogP contribution in [0.4, 0.5) is 5.69 Å². The molecule has 0 atom stereocenters. The minimum atomic E-state index is -0.581. The van der Waals surface area contributed by atoms with Crippen LogP contribution in [0.5, 0.6) is 0 Å². The molecule has 0 fully saturated rings. The maximum absolute atomic E-state index is 13.5. The molecular formula is C27H31N5O4. The van der Waals surface area contributed by atoms with Crippen LogP contribution in [0.15, 0.2) is 64.4 Å². The number of benzene rings is 2. The molecule has 0 aliphatic heterocycles. The molecule has 0 saturated heterocycles. The maximum Gasteiger partial charge on any atom is 0.333 e. The molecule has 4 aromatic rings. The number of carbonyl (C=O) groups excluding carboxylic acids is 1. The maximum atomic E-state index is 13.5. The molecule has 9 nitrogen and oxygen atoms in total. The third-order valence-electron chi connectivity index (χ3n) is 6.27. The highest BCUT2D eigenvalue weighted by Crippen LogP contribution is 2.22. The van der Waals surface area contributed by atoms with Gasteiger partial charge < -0.3 is 14.6 Å². The molecular weight excluding hydrogens is 458 g/mol. The Morgan fingerprint density at radius 2 is 1.67 bits per heavy atom. The van der Waals surface area contributed by atoms with Crippen molar-refractivity contribution in [3.8, 4) is 0 Å². The summed E-state index contributed by atoms with van der Waals surface area (Å²) in [6.45, 7) is 4.62. The fraction of sp³-hybridized carbons (Fsp3) is 0.333. The van der Waals surface area contributed by atoms with Gasteiger partial charge in [0.15, 0.2) is 11.2 Å². The van der Waals surface area contributed by atoms with Crippen LogP contribution in [0, 0.1) is 0 Å². The van der Waals surface area contributed by atoms with Crippen LogP contribution < -0.4 is 16.6 Å². The molecule has 0 saturated carbocycles. The third kappa shape index (κ3) is 5.01. The predicted molar refractivity (Wildman–Crippen MR) is 140 cm³/mol. The minimum absolute atomic E-state index is 0.220. The number of imidazole rings is 1. The quantitative estimate of drug-likeness (QED) is 0.369. The second-order valence-corrected chi connectivity index (χ2v) is 8.56. The lowest BCUT2D eigenvalue weighted by molar-refractivity contribution is -0.116. The Labute approximate surface area is 209 Å². The van der Waals surface area contributed by atoms with Crippen molar-refractivity contribution in [3.63, 3.8) is 0 Å². The van der Waals surface area contributed by atoms with Crippen LogP contribution >= 0.6 is 0 Å². The number of anilines is 1. The van der Waals surface area contributed by atoms with Gasteiger partial charge in [-0.1, -0.05) is 62.4 Å². The first-order chi connectivity index (χ1) is 17.5. The van der Waals surface area contributed by atoms with Crippen LogP contribution in [0.1, 0.15) is 30.5 Å². The van der Waals surface area contributed by atoms with Crippen LogP contribution in [0.2, 0.25) is 0 Å². The second-order valence-electron chi connectivity index (χ2n) is 8.56. The van der Waals surface area contributed by atoms with Crippen molar-refractivity contribution >= 4 is 22.8 Å². The Kier molecular flexibility index (Phi) is 7.80. The standard InChI is InChI=1S/C27H31N5O4/c1-4-20-12-9-13-21(5-2)23(20)29-22(33)17-32-26(34)24-25(28-18-30(24)14-15-36-3)31(27(32)35)16-19-10-7-6-8-11-19/h6-13,18H,4-5,14-17H2,1-3H3,(H,29,33). The van der Waals surface area contributed by atoms with E-state index in [1.165, 1.54) is 10.9 Å². The minimum Gasteiger partial charge on any atom is -0.383 e. The summed E-state index contributed by atoms with van der Waals surface area (Å²) in [4.78, 5) is 44.6. The van der Waals surface area contributed by atoms with E-state index in [0.717, 1.165) is 39.8 Å². The molecule has 2 heterocycles. The van der Waals surface area contributed by atoms with Gasteiger partial charge in [0.1, 0.15) is 6.54 Å². The van der Waals surface area contributed by atoms with E-state index in [4.69, 9.17) is 4.74 Å². The monoisotopic (exact) mass is 489 g/mol. The van der Waals surface area contributed by atoms with E-state index in [1.54, 1.807) is 11.7 Å². The van der Waals surface area contributed by atoms with Gasteiger partial charge in [0.25, 0.3) is 5.56 Å². The fourth-order valence-electron chi connectivity index (χ4n) is 4.37. The van der Waals surface area contributed by atoms with Gasteiger partial charge in [0.2, 0.25) is 5.91 Å². The molecule has 1 amide bonds. The largest absolute Gasteiger partial charge is 0.383 e. The van der Waals surface area contributed by atoms with Crippen molar-refractivity contribution in [2.45, 2.75) is 46.3 Å². The zero-order valence-corrected chi connectivity index (χ0v) is 20.9. The Bertz CT molecular complexity index is 1460. The second kappa shape index (κ2) is 11.2. The smallest absolute Gasteiger partial charge is 0.333 e. The van der Waals surface area contributed by atoms with Gasteiger partial charge in [-0.3, -0.25) is 14.2 Å². The predicted octanol–water partition coefficient (Wildman–Crippen LogP) is 2.82. The van der Waals surface area contributed by atoms with Gasteiger partial charge in [0, 0.05) is 19.3 Å². The third-order valence-corrected chi connectivity index (χ3v) is 6.27. The average molecular weight is 490 g/mol. The van der Waals surface area contributed by atoms with Crippen molar-refractivity contribution in [1.82, 2.24) is 18.7 Å². The summed E-state index contributed by atoms with van der Waals surface area (Å²) in [6.07, 6.45) is 3.03. The molecule has 0 aliphatic rings. The lowest BCUT2D eigenvalue weighted by atomic mass is 10.0. The van der Waals surface area contributed by atoms with Crippen LogP contribution in [-0.4, -0.2) is 38.3 Å². The molecule has 0 spiro atoms. The molecule has 1 N–H and O–H groups in total. The molecule has 0 aliphatic carbocycles. The lowest BCUT2D eigenvalue weighted by Crippen LogP contribution is -2.43. The summed E-state index contributed by atoms with van der Waals surface area (Å²) in [6, 6.07) is 15.4. The zero-order chi connectivity index (χ0) is 25.7. The van der Waals surface area contributed by atoms with E-state index in [2.05, 4.69) is 10.3 Å². The molecule has 188 valence electrons. The highest BCUT2D eigenvalue weighted by Gasteiger charge is 2.20. The topological polar surface area (TPSA) is 100 Å². The number of aromatic nitrogens is 4. The van der Waals surface area contributed by atoms with E-state index in [1.807, 2.05) is 62.4 Å². The van der Waals surface area contributed by atoms with Crippen molar-refractivity contribution < 1.29 is 9.53 Å². The number of aryl methyl sites for hydroxylation is 2. The number of rotatable bonds is 10. The summed E-state index contributed by atoms with van der Waals surface area (Å²) in [5.41, 5.74) is 3.05. The Balaban J connectivity index is 1.78. The fourth-order valence-corrected chi connectivity index (χ4v) is 4.37. The Hall–Kier alpha value is -3.98. The van der Waals surface area contributed by atoms with Crippen LogP contribution in [0.3, 0.4) is 0 Å². The number of ether oxygens (including phenoxy) is 1. The van der Waals surface area contributed by atoms with Gasteiger partial charge in [-0.05, 0) is 29.5 Å². The van der Waals surface area contributed by atoms with E-state index < -0.39 is 23.7 Å². The van der Waals surface area contributed by atoms with Gasteiger partial charge in [-0.2, -0.15) is 0 Å². The Morgan fingerprint density at radius 3 is 2.31 bits per heavy atom. The van der Waals surface area contributed by atoms with E-state index in [-0.39, 0.29) is 17.7 Å². The average Bonchev–Trinajstić information content (AvgIpc) is 3.32. The first kappa shape index (κ1) is 25.1. The summed E-state index contributed by atoms with van der Waals surface area (Å²) in [5, 5.41) is 2.95. The highest BCUT2D eigenvalue weighted by molar-refractivity contribution is 5.92. The number of hydrogen-bond acceptors (Lipinski definition) is 5. The highest BCUT2D eigenvalue weighted by atomic mass is 16.5. The molecule has 36 heavy (non-hydrogen) atoms. The summed E-state index contributed by atoms with van der Waals surface area (Å²) >= 11 is 0. The number of fused-ring (bicyclic) bond motifs is 1. The molecule has 9 heteroatoms. The zero-order valence-electron chi connectivity index (χ0n) is 20.9. The van der Waals surface area contributed by atoms with Crippen molar-refractivity contribution in [3.05, 3.63) is 92.4 Å². The van der Waals surface area contributed by atoms with Gasteiger partial charge >= 0.3 is 5.69 Å². The van der Waals surface area contributed by atoms with E-state index in [0.29, 0.717) is 13.2 Å². The molecule has 0 radical (unpaired) electrons. The van der Waals surface area contributed by atoms with Crippen molar-refractivity contribution in [2.24, 2.45) is 0 Å². The summed E-state index contributed by atoms with van der Waals surface area (Å²) in [7, 11) is 1.58. The summed E-state index contributed by atoms with van der Waals surface area (Å²) in [5.74, 6) is -0.432. The molecule has 0 bridgehead atoms. The van der Waals surface area contributed by atoms with Gasteiger partial charge in [-0.25, -0.2) is 14.3 Å². The van der Waals surface area contributed by atoms with Crippen molar-refractivity contribution in [2.75, 3.05) is 19.0 Å². The number of para-hydroxylation sites is 1. The first-order valence-electron chi connectivity index (χ1n) is 12.1. The van der Waals surface area contributed by atoms with E-state index >= 15 is 0 Å². The lowest BCUT2D eigenvalue weighted by Gasteiger charge is -2.16. The Morgan fingerprint density at radius 1 is 0.972 bits per heavy atom. The van der Waals surface area contributed by atoms with Crippen LogP contribution in [-0.2, 0) is 42.0 Å². The number of nitrogens with one attached hydrogen (secondary N) is 1. The summed E-state index contributed by atoms with van der Waals surface area (Å²) < 4.78 is 9.27. The number of nitrogens with zero attached hydrogens (tertiary/aromatic N) is 4. The molecule has 0 unspecified atom stereocenters. The number of methoxy groups -OCH3 is 1. The molecule has 2 aromatic heterocycles. The van der Waals surface area contributed by atoms with Crippen LogP contribution in [0.25, 0.3) is 11.2 Å². The van der Waals surface area contributed by atoms with Gasteiger partial charge in [0.05, 0.1) is 19.5 Å². The first-order valence-corrected chi connectivity index (χ1v) is 12.1. The van der Waals surface area contributed by atoms with Gasteiger partial charge in [-0.15, -0.1) is 0 Å².